The average Bonchev–Trinajstić information content (AvgIpc) is 3.13. The van der Waals surface area contributed by atoms with E-state index in [1.54, 1.807) is 6.08 Å². The second kappa shape index (κ2) is 10.3. The highest BCUT2D eigenvalue weighted by atomic mass is 32.2. The molecule has 1 heterocycles. The zero-order chi connectivity index (χ0) is 21.5. The summed E-state index contributed by atoms with van der Waals surface area (Å²) in [7, 11) is 0. The molecule has 0 bridgehead atoms. The maximum Gasteiger partial charge on any atom is 0.280 e. The highest BCUT2D eigenvalue weighted by Gasteiger charge is 2.22. The molecule has 0 saturated heterocycles. The Kier molecular flexibility index (Phi) is 7.49. The number of aryl methyl sites for hydroxylation is 2. The molecule has 0 spiro atoms. The lowest BCUT2D eigenvalue weighted by molar-refractivity contribution is 0.0980. The van der Waals surface area contributed by atoms with Crippen LogP contribution in [0.2, 0.25) is 0 Å². The smallest absolute Gasteiger partial charge is 0.280 e. The van der Waals surface area contributed by atoms with E-state index in [4.69, 9.17) is 4.98 Å². The first-order valence-electron chi connectivity index (χ1n) is 9.56. The van der Waals surface area contributed by atoms with Crippen molar-refractivity contribution in [1.82, 2.24) is 9.71 Å². The number of amides is 1. The Balaban J connectivity index is 2.13. The van der Waals surface area contributed by atoms with Crippen LogP contribution in [0.1, 0.15) is 32.1 Å². The molecule has 154 valence electrons. The molecular formula is C24H25N3OS2. The Labute approximate surface area is 186 Å². The molecule has 0 atom stereocenters. The van der Waals surface area contributed by atoms with Crippen LogP contribution in [0.15, 0.2) is 67.3 Å². The molecule has 1 amide bonds. The van der Waals surface area contributed by atoms with E-state index >= 15 is 0 Å². The number of rotatable bonds is 8. The quantitative estimate of drug-likeness (QED) is 0.333. The molecule has 6 heteroatoms. The number of carbonyl (C=O) groups is 1. The van der Waals surface area contributed by atoms with Crippen LogP contribution in [0.5, 0.6) is 0 Å². The van der Waals surface area contributed by atoms with Gasteiger partial charge in [0.2, 0.25) is 0 Å². The summed E-state index contributed by atoms with van der Waals surface area (Å²) in [4.78, 5) is 20.2. The van der Waals surface area contributed by atoms with Crippen molar-refractivity contribution >= 4 is 46.1 Å². The Morgan fingerprint density at radius 2 is 1.97 bits per heavy atom. The molecule has 4 nitrogen and oxygen atoms in total. The van der Waals surface area contributed by atoms with Gasteiger partial charge < -0.3 is 4.90 Å². The lowest BCUT2D eigenvalue weighted by Crippen LogP contribution is -2.19. The van der Waals surface area contributed by atoms with Crippen molar-refractivity contribution < 1.29 is 4.79 Å². The van der Waals surface area contributed by atoms with Crippen LogP contribution in [0.4, 0.5) is 10.8 Å². The maximum atomic E-state index is 12.4. The van der Waals surface area contributed by atoms with Gasteiger partial charge in [0.15, 0.2) is 5.13 Å². The van der Waals surface area contributed by atoms with E-state index in [0.717, 1.165) is 26.8 Å². The molecule has 0 saturated carbocycles. The van der Waals surface area contributed by atoms with Gasteiger partial charge in [-0.1, -0.05) is 79.2 Å². The van der Waals surface area contributed by atoms with Crippen LogP contribution in [0.3, 0.4) is 0 Å². The molecule has 0 aliphatic heterocycles. The first kappa shape index (κ1) is 21.9. The first-order chi connectivity index (χ1) is 14.5. The summed E-state index contributed by atoms with van der Waals surface area (Å²) in [5.41, 5.74) is 4.95. The third kappa shape index (κ3) is 5.01. The summed E-state index contributed by atoms with van der Waals surface area (Å²) in [5.74, 6) is -0.168. The number of nitrogens with zero attached hydrogens (tertiary/aromatic N) is 2. The van der Waals surface area contributed by atoms with E-state index in [0.29, 0.717) is 12.2 Å². The number of thiazole rings is 1. The summed E-state index contributed by atoms with van der Waals surface area (Å²) < 4.78 is 2.77. The Bertz CT molecular complexity index is 1060. The minimum Gasteiger partial charge on any atom is -0.313 e. The molecule has 2 aromatic carbocycles. The fraction of sp³-hybridized carbons (Fsp3) is 0.167. The normalized spacial score (nSPS) is 10.9. The highest BCUT2D eigenvalue weighted by Crippen LogP contribution is 2.36. The van der Waals surface area contributed by atoms with E-state index in [1.807, 2.05) is 37.5 Å². The van der Waals surface area contributed by atoms with Gasteiger partial charge in [0.1, 0.15) is 5.69 Å². The third-order valence-electron chi connectivity index (χ3n) is 4.60. The zero-order valence-electron chi connectivity index (χ0n) is 17.4. The van der Waals surface area contributed by atoms with Gasteiger partial charge in [-0.3, -0.25) is 9.52 Å². The van der Waals surface area contributed by atoms with Crippen LogP contribution in [0, 0.1) is 13.8 Å². The fourth-order valence-corrected chi connectivity index (χ4v) is 4.35. The van der Waals surface area contributed by atoms with E-state index in [1.165, 1.54) is 28.8 Å². The van der Waals surface area contributed by atoms with Gasteiger partial charge in [-0.25, -0.2) is 4.98 Å². The van der Waals surface area contributed by atoms with Crippen molar-refractivity contribution in [2.45, 2.75) is 20.4 Å². The SMILES string of the molecule is C=C/C=C\c1c(C)cccc1N(Cc1ccccc1)c1nc(C(=O)NSC)c(C)s1. The molecule has 0 fully saturated rings. The number of benzene rings is 2. The van der Waals surface area contributed by atoms with Crippen molar-refractivity contribution in [1.29, 1.82) is 0 Å². The molecule has 0 unspecified atom stereocenters. The van der Waals surface area contributed by atoms with Crippen LogP contribution in [-0.4, -0.2) is 17.1 Å². The number of anilines is 2. The van der Waals surface area contributed by atoms with E-state index < -0.39 is 0 Å². The van der Waals surface area contributed by atoms with Crippen LogP contribution >= 0.6 is 23.3 Å². The predicted molar refractivity (Wildman–Crippen MR) is 131 cm³/mol. The largest absolute Gasteiger partial charge is 0.313 e. The highest BCUT2D eigenvalue weighted by molar-refractivity contribution is 7.97. The van der Waals surface area contributed by atoms with E-state index in [2.05, 4.69) is 59.5 Å². The molecule has 1 N–H and O–H groups in total. The van der Waals surface area contributed by atoms with Crippen LogP contribution in [0.25, 0.3) is 6.08 Å². The number of aromatic nitrogens is 1. The minimum absolute atomic E-state index is 0.168. The van der Waals surface area contributed by atoms with Crippen molar-refractivity contribution in [3.63, 3.8) is 0 Å². The topological polar surface area (TPSA) is 45.2 Å². The molecule has 3 rings (SSSR count). The second-order valence-electron chi connectivity index (χ2n) is 6.71. The molecular weight excluding hydrogens is 410 g/mol. The Hall–Kier alpha value is -2.83. The van der Waals surface area contributed by atoms with Gasteiger partial charge in [0, 0.05) is 16.7 Å². The average molecular weight is 436 g/mol. The lowest BCUT2D eigenvalue weighted by Gasteiger charge is -2.25. The molecule has 3 aromatic rings. The van der Waals surface area contributed by atoms with Gasteiger partial charge in [0.25, 0.3) is 5.91 Å². The lowest BCUT2D eigenvalue weighted by atomic mass is 10.0. The number of allylic oxidation sites excluding steroid dienone is 2. The number of hydrogen-bond donors (Lipinski definition) is 1. The summed E-state index contributed by atoms with van der Waals surface area (Å²) in [6, 6.07) is 16.5. The summed E-state index contributed by atoms with van der Waals surface area (Å²) >= 11 is 2.81. The third-order valence-corrected chi connectivity index (χ3v) is 5.98. The predicted octanol–water partition coefficient (Wildman–Crippen LogP) is 6.31. The Morgan fingerprint density at radius 3 is 2.67 bits per heavy atom. The molecule has 1 aromatic heterocycles. The summed E-state index contributed by atoms with van der Waals surface area (Å²) in [5, 5.41) is 0.793. The van der Waals surface area contributed by atoms with Crippen molar-refractivity contribution in [3.8, 4) is 0 Å². The van der Waals surface area contributed by atoms with Gasteiger partial charge in [-0.2, -0.15) is 0 Å². The van der Waals surface area contributed by atoms with Crippen molar-refractivity contribution in [2.24, 2.45) is 0 Å². The van der Waals surface area contributed by atoms with Crippen LogP contribution in [-0.2, 0) is 6.54 Å². The van der Waals surface area contributed by atoms with Gasteiger partial charge in [-0.05, 0) is 31.0 Å². The maximum absolute atomic E-state index is 12.4. The molecule has 0 aliphatic rings. The van der Waals surface area contributed by atoms with E-state index in [9.17, 15) is 4.79 Å². The standard InChI is InChI=1S/C24H25N3OS2/c1-5-6-14-20-17(2)11-10-15-21(20)27(16-19-12-8-7-9-13-19)24-25-22(18(3)30-24)23(28)26-29-4/h5-15H,1,16H2,2-4H3,(H,26,28)/b14-6-. The minimum atomic E-state index is -0.168. The Morgan fingerprint density at radius 1 is 1.20 bits per heavy atom. The summed E-state index contributed by atoms with van der Waals surface area (Å²) in [6.45, 7) is 8.48. The van der Waals surface area contributed by atoms with Gasteiger partial charge in [-0.15, -0.1) is 11.3 Å². The van der Waals surface area contributed by atoms with Crippen LogP contribution < -0.4 is 9.62 Å². The summed E-state index contributed by atoms with van der Waals surface area (Å²) in [6.07, 6.45) is 7.61. The first-order valence-corrected chi connectivity index (χ1v) is 11.6. The molecule has 0 radical (unpaired) electrons. The van der Waals surface area contributed by atoms with E-state index in [-0.39, 0.29) is 5.91 Å². The number of nitrogens with one attached hydrogen (secondary N) is 1. The number of carbonyl (C=O) groups excluding carboxylic acids is 1. The number of hydrogen-bond acceptors (Lipinski definition) is 5. The van der Waals surface area contributed by atoms with Crippen molar-refractivity contribution in [3.05, 3.63) is 94.5 Å². The molecule has 0 aliphatic carbocycles. The monoisotopic (exact) mass is 435 g/mol. The van der Waals surface area contributed by atoms with Gasteiger partial charge in [0.05, 0.1) is 12.2 Å². The fourth-order valence-electron chi connectivity index (χ4n) is 3.15. The van der Waals surface area contributed by atoms with Gasteiger partial charge >= 0.3 is 0 Å². The van der Waals surface area contributed by atoms with Crippen molar-refractivity contribution in [2.75, 3.05) is 11.2 Å². The zero-order valence-corrected chi connectivity index (χ0v) is 19.0. The molecule has 30 heavy (non-hydrogen) atoms. The second-order valence-corrected chi connectivity index (χ2v) is 8.50.